The Morgan fingerprint density at radius 2 is 1.85 bits per heavy atom. The van der Waals surface area contributed by atoms with Crippen molar-refractivity contribution >= 4 is 39.9 Å². The second kappa shape index (κ2) is 8.12. The third kappa shape index (κ3) is 3.84. The van der Waals surface area contributed by atoms with Gasteiger partial charge in [0.25, 0.3) is 5.56 Å². The van der Waals surface area contributed by atoms with Gasteiger partial charge in [-0.1, -0.05) is 53.3 Å². The quantitative estimate of drug-likeness (QED) is 0.422. The molecule has 0 bridgehead atoms. The number of hydrogen-bond donors (Lipinski definition) is 1. The van der Waals surface area contributed by atoms with Crippen LogP contribution >= 0.6 is 22.9 Å². The first-order chi connectivity index (χ1) is 15.9. The number of rotatable bonds is 4. The van der Waals surface area contributed by atoms with Crippen molar-refractivity contribution < 1.29 is 14.3 Å². The average molecular weight is 478 g/mol. The summed E-state index contributed by atoms with van der Waals surface area (Å²) in [5, 5.41) is 13.6. The lowest BCUT2D eigenvalue weighted by atomic mass is 10.1. The highest BCUT2D eigenvalue weighted by Gasteiger charge is 2.14. The largest absolute Gasteiger partial charge is 0.478 e. The molecule has 1 N–H and O–H groups in total. The van der Waals surface area contributed by atoms with Crippen LogP contribution in [-0.2, 0) is 0 Å². The van der Waals surface area contributed by atoms with E-state index in [2.05, 4.69) is 10.1 Å². The van der Waals surface area contributed by atoms with Crippen molar-refractivity contribution in [3.8, 4) is 22.6 Å². The molecule has 3 aromatic heterocycles. The smallest absolute Gasteiger partial charge is 0.337 e. The standard InChI is InChI=1S/C23H12ClN3O5S/c24-16-8-6-13(10-15(16)22(30)31)17-9-7-14(32-17)11-18-21(29)27-23(33-18)25-20(28)19(26-27)12-4-2-1-3-5-12/h1-11H,(H,30,31)/b18-11-. The Balaban J connectivity index is 1.57. The topological polar surface area (TPSA) is 115 Å². The molecule has 8 nitrogen and oxygen atoms in total. The molecule has 33 heavy (non-hydrogen) atoms. The minimum absolute atomic E-state index is 0.0429. The molecule has 5 rings (SSSR count). The fourth-order valence-electron chi connectivity index (χ4n) is 3.24. The van der Waals surface area contributed by atoms with Gasteiger partial charge in [-0.25, -0.2) is 4.79 Å². The van der Waals surface area contributed by atoms with Crippen molar-refractivity contribution in [2.24, 2.45) is 0 Å². The molecular formula is C23H12ClN3O5S. The normalized spacial score (nSPS) is 11.8. The number of halogens is 1. The van der Waals surface area contributed by atoms with Crippen molar-refractivity contribution in [1.29, 1.82) is 0 Å². The summed E-state index contributed by atoms with van der Waals surface area (Å²) in [6, 6.07) is 16.6. The van der Waals surface area contributed by atoms with Crippen LogP contribution in [0.1, 0.15) is 16.1 Å². The van der Waals surface area contributed by atoms with E-state index in [0.717, 1.165) is 15.9 Å². The van der Waals surface area contributed by atoms with E-state index in [0.29, 0.717) is 22.6 Å². The number of benzene rings is 2. The third-order valence-corrected chi connectivity index (χ3v) is 6.10. The van der Waals surface area contributed by atoms with E-state index >= 15 is 0 Å². The third-order valence-electron chi connectivity index (χ3n) is 4.81. The number of aromatic nitrogens is 3. The number of thiazole rings is 1. The molecule has 3 heterocycles. The van der Waals surface area contributed by atoms with Gasteiger partial charge in [0, 0.05) is 17.2 Å². The molecule has 10 heteroatoms. The number of carboxylic acids is 1. The number of carboxylic acid groups (broad SMARTS) is 1. The maximum Gasteiger partial charge on any atom is 0.337 e. The molecule has 0 fully saturated rings. The monoisotopic (exact) mass is 477 g/mol. The van der Waals surface area contributed by atoms with Gasteiger partial charge in [-0.05, 0) is 30.3 Å². The van der Waals surface area contributed by atoms with Crippen molar-refractivity contribution in [3.63, 3.8) is 0 Å². The molecule has 0 radical (unpaired) electrons. The Labute approximate surface area is 193 Å². The van der Waals surface area contributed by atoms with Gasteiger partial charge in [0.15, 0.2) is 5.69 Å². The van der Waals surface area contributed by atoms with Crippen molar-refractivity contribution in [3.05, 3.63) is 102 Å². The van der Waals surface area contributed by atoms with Crippen LogP contribution in [0.5, 0.6) is 0 Å². The van der Waals surface area contributed by atoms with Crippen molar-refractivity contribution in [2.75, 3.05) is 0 Å². The molecule has 0 aliphatic heterocycles. The molecule has 0 aliphatic carbocycles. The summed E-state index contributed by atoms with van der Waals surface area (Å²) in [4.78, 5) is 40.8. The molecule has 0 saturated carbocycles. The minimum Gasteiger partial charge on any atom is -0.478 e. The number of fused-ring (bicyclic) bond motifs is 1. The zero-order valence-corrected chi connectivity index (χ0v) is 18.1. The second-order valence-corrected chi connectivity index (χ2v) is 8.36. The van der Waals surface area contributed by atoms with Crippen molar-refractivity contribution in [2.45, 2.75) is 0 Å². The highest BCUT2D eigenvalue weighted by molar-refractivity contribution is 7.15. The molecular weight excluding hydrogens is 466 g/mol. The van der Waals surface area contributed by atoms with Crippen LogP contribution in [0.25, 0.3) is 33.6 Å². The summed E-state index contributed by atoms with van der Waals surface area (Å²) in [6.45, 7) is 0. The van der Waals surface area contributed by atoms with Gasteiger partial charge >= 0.3 is 11.5 Å². The first-order valence-corrected chi connectivity index (χ1v) is 10.7. The van der Waals surface area contributed by atoms with E-state index in [4.69, 9.17) is 16.0 Å². The van der Waals surface area contributed by atoms with Gasteiger partial charge < -0.3 is 9.52 Å². The van der Waals surface area contributed by atoms with E-state index in [1.54, 1.807) is 42.5 Å². The lowest BCUT2D eigenvalue weighted by molar-refractivity contribution is 0.0697. The first kappa shape index (κ1) is 20.8. The second-order valence-electron chi connectivity index (χ2n) is 6.94. The molecule has 2 aromatic carbocycles. The predicted molar refractivity (Wildman–Crippen MR) is 124 cm³/mol. The lowest BCUT2D eigenvalue weighted by Crippen LogP contribution is -2.26. The molecule has 0 saturated heterocycles. The van der Waals surface area contributed by atoms with E-state index in [-0.39, 0.29) is 25.8 Å². The maximum atomic E-state index is 12.9. The van der Waals surface area contributed by atoms with Crippen LogP contribution in [0.4, 0.5) is 0 Å². The summed E-state index contributed by atoms with van der Waals surface area (Å²) >= 11 is 6.94. The molecule has 5 aromatic rings. The minimum atomic E-state index is -1.15. The first-order valence-electron chi connectivity index (χ1n) is 9.55. The average Bonchev–Trinajstić information content (AvgIpc) is 3.39. The molecule has 0 spiro atoms. The predicted octanol–water partition coefficient (Wildman–Crippen LogP) is 3.34. The summed E-state index contributed by atoms with van der Waals surface area (Å²) in [5.41, 5.74) is 0.185. The van der Waals surface area contributed by atoms with E-state index in [9.17, 15) is 19.5 Å². The van der Waals surface area contributed by atoms with Gasteiger partial charge in [-0.3, -0.25) is 9.59 Å². The Morgan fingerprint density at radius 1 is 1.06 bits per heavy atom. The summed E-state index contributed by atoms with van der Waals surface area (Å²) < 4.78 is 7.16. The van der Waals surface area contributed by atoms with Crippen LogP contribution in [-0.4, -0.2) is 25.7 Å². The van der Waals surface area contributed by atoms with E-state index in [1.807, 2.05) is 6.07 Å². The van der Waals surface area contributed by atoms with E-state index in [1.165, 1.54) is 18.2 Å². The Bertz CT molecular complexity index is 1710. The summed E-state index contributed by atoms with van der Waals surface area (Å²) in [6.07, 6.45) is 1.52. The fraction of sp³-hybridized carbons (Fsp3) is 0. The molecule has 162 valence electrons. The zero-order valence-electron chi connectivity index (χ0n) is 16.6. The lowest BCUT2D eigenvalue weighted by Gasteiger charge is -2.01. The Hall–Kier alpha value is -4.08. The molecule has 0 atom stereocenters. The van der Waals surface area contributed by atoms with Crippen molar-refractivity contribution in [1.82, 2.24) is 14.6 Å². The van der Waals surface area contributed by atoms with Gasteiger partial charge in [-0.2, -0.15) is 14.6 Å². The maximum absolute atomic E-state index is 12.9. The highest BCUT2D eigenvalue weighted by Crippen LogP contribution is 2.27. The van der Waals surface area contributed by atoms with Gasteiger partial charge in [-0.15, -0.1) is 0 Å². The fourth-order valence-corrected chi connectivity index (χ4v) is 4.33. The number of hydrogen-bond acceptors (Lipinski definition) is 7. The van der Waals surface area contributed by atoms with Crippen LogP contribution in [0.2, 0.25) is 5.02 Å². The van der Waals surface area contributed by atoms with E-state index < -0.39 is 17.1 Å². The van der Waals surface area contributed by atoms with Gasteiger partial charge in [0.05, 0.1) is 10.6 Å². The SMILES string of the molecule is O=C(O)c1cc(-c2ccc(/C=c3\sc4nc(=O)c(-c5ccccc5)nn4c3=O)o2)ccc1Cl. The Morgan fingerprint density at radius 3 is 2.61 bits per heavy atom. The van der Waals surface area contributed by atoms with Crippen LogP contribution < -0.4 is 15.7 Å². The summed E-state index contributed by atoms with van der Waals surface area (Å²) in [7, 11) is 0. The summed E-state index contributed by atoms with van der Waals surface area (Å²) in [5.74, 6) is -0.371. The molecule has 0 unspecified atom stereocenters. The van der Waals surface area contributed by atoms with Crippen LogP contribution in [0.15, 0.2) is 74.7 Å². The van der Waals surface area contributed by atoms with Gasteiger partial charge in [0.1, 0.15) is 16.1 Å². The highest BCUT2D eigenvalue weighted by atomic mass is 35.5. The number of aromatic carboxylic acids is 1. The van der Waals surface area contributed by atoms with Crippen LogP contribution in [0, 0.1) is 0 Å². The molecule has 0 aliphatic rings. The number of furan rings is 1. The zero-order chi connectivity index (χ0) is 23.1. The Kier molecular flexibility index (Phi) is 5.12. The van der Waals surface area contributed by atoms with Crippen LogP contribution in [0.3, 0.4) is 0 Å². The molecule has 0 amide bonds. The number of carbonyl (C=O) groups is 1. The number of nitrogens with zero attached hydrogens (tertiary/aromatic N) is 3. The van der Waals surface area contributed by atoms with Gasteiger partial charge in [0.2, 0.25) is 4.96 Å².